The molecule has 0 unspecified atom stereocenters. The summed E-state index contributed by atoms with van der Waals surface area (Å²) in [6, 6.07) is 3.11. The number of aromatic nitrogens is 2. The Kier molecular flexibility index (Phi) is 4.37. The van der Waals surface area contributed by atoms with Crippen molar-refractivity contribution in [1.29, 1.82) is 0 Å². The molecule has 0 N–H and O–H groups in total. The number of nitro benzene ring substituents is 1. The molecule has 0 bridgehead atoms. The lowest BCUT2D eigenvalue weighted by Gasteiger charge is -2.12. The smallest absolute Gasteiger partial charge is 0.276 e. The van der Waals surface area contributed by atoms with Crippen molar-refractivity contribution >= 4 is 17.3 Å². The molecule has 21 heavy (non-hydrogen) atoms. The molecule has 6 nitrogen and oxygen atoms in total. The number of hydrogen-bond donors (Lipinski definition) is 0. The number of nitro groups is 1. The number of hydrogen-bond acceptors (Lipinski definition) is 5. The fourth-order valence-electron chi connectivity index (χ4n) is 1.99. The number of nitrogens with zero attached hydrogens (tertiary/aromatic N) is 3. The van der Waals surface area contributed by atoms with E-state index >= 15 is 0 Å². The van der Waals surface area contributed by atoms with E-state index in [9.17, 15) is 10.1 Å². The Morgan fingerprint density at radius 3 is 2.62 bits per heavy atom. The Labute approximate surface area is 126 Å². The van der Waals surface area contributed by atoms with Crippen molar-refractivity contribution in [3.05, 3.63) is 50.4 Å². The molecule has 0 aliphatic rings. The monoisotopic (exact) mass is 307 g/mol. The predicted molar refractivity (Wildman–Crippen MR) is 79.1 cm³/mol. The van der Waals surface area contributed by atoms with Crippen molar-refractivity contribution in [3.8, 4) is 11.6 Å². The van der Waals surface area contributed by atoms with Crippen LogP contribution in [0.2, 0.25) is 5.15 Å². The van der Waals surface area contributed by atoms with Crippen LogP contribution in [0.4, 0.5) is 5.69 Å². The van der Waals surface area contributed by atoms with E-state index in [0.717, 1.165) is 5.56 Å². The molecule has 0 spiro atoms. The van der Waals surface area contributed by atoms with Gasteiger partial charge in [-0.1, -0.05) is 18.5 Å². The molecule has 7 heteroatoms. The number of aryl methyl sites for hydroxylation is 2. The molecular formula is C14H14ClN3O3. The van der Waals surface area contributed by atoms with Crippen molar-refractivity contribution in [1.82, 2.24) is 9.97 Å². The lowest BCUT2D eigenvalue weighted by molar-refractivity contribution is -0.385. The van der Waals surface area contributed by atoms with Gasteiger partial charge >= 0.3 is 0 Å². The van der Waals surface area contributed by atoms with Gasteiger partial charge in [-0.2, -0.15) is 0 Å². The Balaban J connectivity index is 2.47. The van der Waals surface area contributed by atoms with E-state index in [1.54, 1.807) is 13.0 Å². The molecule has 0 aliphatic carbocycles. The lowest BCUT2D eigenvalue weighted by Crippen LogP contribution is -1.99. The summed E-state index contributed by atoms with van der Waals surface area (Å²) < 4.78 is 5.72. The fourth-order valence-corrected chi connectivity index (χ4v) is 2.25. The predicted octanol–water partition coefficient (Wildman–Crippen LogP) is 4.01. The standard InChI is InChI=1S/C14H14ClN3O3/c1-4-10-13(15)16-7-17-14(10)21-12-6-11(18(19)20)8(2)5-9(12)3/h5-7H,4H2,1-3H3. The van der Waals surface area contributed by atoms with Gasteiger partial charge in [-0.05, 0) is 31.9 Å². The molecular weight excluding hydrogens is 294 g/mol. The van der Waals surface area contributed by atoms with Gasteiger partial charge in [-0.25, -0.2) is 9.97 Å². The van der Waals surface area contributed by atoms with Crippen molar-refractivity contribution in [2.45, 2.75) is 27.2 Å². The van der Waals surface area contributed by atoms with Crippen molar-refractivity contribution in [2.75, 3.05) is 0 Å². The third-order valence-corrected chi connectivity index (χ3v) is 3.43. The van der Waals surface area contributed by atoms with Gasteiger partial charge in [0.05, 0.1) is 16.6 Å². The van der Waals surface area contributed by atoms with E-state index in [2.05, 4.69) is 9.97 Å². The van der Waals surface area contributed by atoms with Crippen molar-refractivity contribution in [2.24, 2.45) is 0 Å². The molecule has 0 saturated carbocycles. The minimum absolute atomic E-state index is 0.00815. The molecule has 0 radical (unpaired) electrons. The Morgan fingerprint density at radius 2 is 2.00 bits per heavy atom. The second kappa shape index (κ2) is 6.05. The molecule has 0 aliphatic heterocycles. The van der Waals surface area contributed by atoms with Gasteiger partial charge in [0.2, 0.25) is 5.88 Å². The fraction of sp³-hybridized carbons (Fsp3) is 0.286. The van der Waals surface area contributed by atoms with Crippen molar-refractivity contribution in [3.63, 3.8) is 0 Å². The second-order valence-electron chi connectivity index (χ2n) is 4.57. The second-order valence-corrected chi connectivity index (χ2v) is 4.92. The molecule has 110 valence electrons. The van der Waals surface area contributed by atoms with Gasteiger partial charge in [-0.15, -0.1) is 0 Å². The van der Waals surface area contributed by atoms with Crippen LogP contribution >= 0.6 is 11.6 Å². The first-order valence-electron chi connectivity index (χ1n) is 6.36. The maximum atomic E-state index is 11.0. The summed E-state index contributed by atoms with van der Waals surface area (Å²) in [5.74, 6) is 0.704. The third-order valence-electron chi connectivity index (χ3n) is 3.10. The zero-order valence-corrected chi connectivity index (χ0v) is 12.6. The highest BCUT2D eigenvalue weighted by Crippen LogP contribution is 2.33. The molecule has 1 aromatic heterocycles. The van der Waals surface area contributed by atoms with Crippen LogP contribution in [0.15, 0.2) is 18.5 Å². The zero-order valence-electron chi connectivity index (χ0n) is 11.9. The summed E-state index contributed by atoms with van der Waals surface area (Å²) in [6.45, 7) is 5.41. The largest absolute Gasteiger partial charge is 0.438 e. The van der Waals surface area contributed by atoms with Crippen LogP contribution in [0.5, 0.6) is 11.6 Å². The maximum absolute atomic E-state index is 11.0. The molecule has 1 heterocycles. The Hall–Kier alpha value is -2.21. The van der Waals surface area contributed by atoms with Gasteiger partial charge < -0.3 is 4.74 Å². The van der Waals surface area contributed by atoms with Crippen LogP contribution in [-0.2, 0) is 6.42 Å². The van der Waals surface area contributed by atoms with E-state index in [0.29, 0.717) is 34.3 Å². The summed E-state index contributed by atoms with van der Waals surface area (Å²) in [7, 11) is 0. The summed E-state index contributed by atoms with van der Waals surface area (Å²) in [5, 5.41) is 11.3. The minimum atomic E-state index is -0.435. The summed E-state index contributed by atoms with van der Waals surface area (Å²) in [6.07, 6.45) is 1.90. The molecule has 1 aromatic carbocycles. The van der Waals surface area contributed by atoms with E-state index in [1.807, 2.05) is 13.8 Å². The van der Waals surface area contributed by atoms with E-state index in [4.69, 9.17) is 16.3 Å². The molecule has 0 amide bonds. The Morgan fingerprint density at radius 1 is 1.29 bits per heavy atom. The number of rotatable bonds is 4. The lowest BCUT2D eigenvalue weighted by atomic mass is 10.1. The van der Waals surface area contributed by atoms with Crippen molar-refractivity contribution < 1.29 is 9.66 Å². The number of ether oxygens (including phenoxy) is 1. The SMILES string of the molecule is CCc1c(Cl)ncnc1Oc1cc([N+](=O)[O-])c(C)cc1C. The first kappa shape index (κ1) is 15.2. The summed E-state index contributed by atoms with van der Waals surface area (Å²) >= 11 is 6.00. The summed E-state index contributed by atoms with van der Waals surface area (Å²) in [4.78, 5) is 18.5. The zero-order chi connectivity index (χ0) is 15.6. The van der Waals surface area contributed by atoms with Gasteiger partial charge in [0.25, 0.3) is 5.69 Å². The average molecular weight is 308 g/mol. The van der Waals surface area contributed by atoms with Crippen LogP contribution in [-0.4, -0.2) is 14.9 Å². The quantitative estimate of drug-likeness (QED) is 0.484. The minimum Gasteiger partial charge on any atom is -0.438 e. The topological polar surface area (TPSA) is 78.2 Å². The van der Waals surface area contributed by atoms with E-state index in [-0.39, 0.29) is 5.69 Å². The highest BCUT2D eigenvalue weighted by Gasteiger charge is 2.17. The van der Waals surface area contributed by atoms with Crippen LogP contribution in [0.3, 0.4) is 0 Å². The van der Waals surface area contributed by atoms with Gasteiger partial charge in [0, 0.05) is 5.56 Å². The van der Waals surface area contributed by atoms with Gasteiger partial charge in [0.1, 0.15) is 17.2 Å². The van der Waals surface area contributed by atoms with E-state index < -0.39 is 4.92 Å². The molecule has 0 atom stereocenters. The van der Waals surface area contributed by atoms with Gasteiger partial charge in [-0.3, -0.25) is 10.1 Å². The highest BCUT2D eigenvalue weighted by atomic mass is 35.5. The van der Waals surface area contributed by atoms with E-state index in [1.165, 1.54) is 12.4 Å². The number of halogens is 1. The van der Waals surface area contributed by atoms with Crippen LogP contribution in [0.25, 0.3) is 0 Å². The first-order chi connectivity index (χ1) is 9.93. The summed E-state index contributed by atoms with van der Waals surface area (Å²) in [5.41, 5.74) is 2.05. The molecule has 0 saturated heterocycles. The normalized spacial score (nSPS) is 10.5. The Bertz CT molecular complexity index is 704. The van der Waals surface area contributed by atoms with Crippen LogP contribution < -0.4 is 4.74 Å². The number of benzene rings is 1. The molecule has 0 fully saturated rings. The highest BCUT2D eigenvalue weighted by molar-refractivity contribution is 6.30. The third kappa shape index (κ3) is 3.11. The van der Waals surface area contributed by atoms with Gasteiger partial charge in [0.15, 0.2) is 0 Å². The van der Waals surface area contributed by atoms with Crippen LogP contribution in [0.1, 0.15) is 23.6 Å². The molecule has 2 aromatic rings. The molecule has 2 rings (SSSR count). The van der Waals surface area contributed by atoms with Crippen LogP contribution in [0, 0.1) is 24.0 Å². The maximum Gasteiger partial charge on any atom is 0.276 e. The average Bonchev–Trinajstić information content (AvgIpc) is 2.41. The first-order valence-corrected chi connectivity index (χ1v) is 6.74.